The molecule has 18 heavy (non-hydrogen) atoms. The minimum absolute atomic E-state index is 0.411. The molecule has 88 valence electrons. The predicted octanol–water partition coefficient (Wildman–Crippen LogP) is 1.92. The van der Waals surface area contributed by atoms with Gasteiger partial charge in [-0.2, -0.15) is 0 Å². The second kappa shape index (κ2) is 4.03. The molecule has 0 unspecified atom stereocenters. The van der Waals surface area contributed by atoms with Crippen LogP contribution in [0, 0.1) is 0 Å². The molecule has 0 saturated heterocycles. The van der Waals surface area contributed by atoms with Crippen molar-refractivity contribution in [2.75, 3.05) is 7.11 Å². The molecule has 0 amide bonds. The van der Waals surface area contributed by atoms with E-state index in [1.165, 1.54) is 13.3 Å². The summed E-state index contributed by atoms with van der Waals surface area (Å²) in [6.07, 6.45) is 6.48. The first-order chi connectivity index (χ1) is 8.81. The minimum Gasteiger partial charge on any atom is -0.465 e. The van der Waals surface area contributed by atoms with Crippen LogP contribution in [-0.2, 0) is 4.74 Å². The van der Waals surface area contributed by atoms with E-state index in [-0.39, 0.29) is 0 Å². The fourth-order valence-corrected chi connectivity index (χ4v) is 1.93. The van der Waals surface area contributed by atoms with Gasteiger partial charge in [-0.1, -0.05) is 0 Å². The third kappa shape index (κ3) is 1.48. The Hall–Kier alpha value is -2.56. The van der Waals surface area contributed by atoms with Crippen molar-refractivity contribution < 1.29 is 9.53 Å². The van der Waals surface area contributed by atoms with Crippen molar-refractivity contribution in [1.82, 2.24) is 15.0 Å². The average molecular weight is 239 g/mol. The Morgan fingerprint density at radius 1 is 1.22 bits per heavy atom. The molecule has 0 spiro atoms. The average Bonchev–Trinajstić information content (AvgIpc) is 2.74. The van der Waals surface area contributed by atoms with Crippen molar-refractivity contribution in [3.63, 3.8) is 0 Å². The normalized spacial score (nSPS) is 10.7. The number of aromatic nitrogens is 3. The van der Waals surface area contributed by atoms with Gasteiger partial charge in [0.1, 0.15) is 0 Å². The highest BCUT2D eigenvalue weighted by Gasteiger charge is 2.20. The number of hydrogen-bond acceptors (Lipinski definition) is 5. The van der Waals surface area contributed by atoms with E-state index >= 15 is 0 Å². The van der Waals surface area contributed by atoms with E-state index in [0.29, 0.717) is 22.3 Å². The molecule has 2 aliphatic rings. The van der Waals surface area contributed by atoms with E-state index in [0.717, 1.165) is 5.39 Å². The second-order valence-electron chi connectivity index (χ2n) is 3.77. The minimum atomic E-state index is -0.421. The maximum absolute atomic E-state index is 11.7. The number of nitrogens with zero attached hydrogens (tertiary/aromatic N) is 3. The van der Waals surface area contributed by atoms with Gasteiger partial charge in [0.15, 0.2) is 0 Å². The Morgan fingerprint density at radius 3 is 2.94 bits per heavy atom. The number of esters is 1. The topological polar surface area (TPSA) is 65.0 Å². The Kier molecular flexibility index (Phi) is 2.37. The summed E-state index contributed by atoms with van der Waals surface area (Å²) in [6, 6.07) is 3.72. The summed E-state index contributed by atoms with van der Waals surface area (Å²) in [5.41, 5.74) is 2.41. The van der Waals surface area contributed by atoms with Crippen LogP contribution in [0.4, 0.5) is 0 Å². The number of rotatable bonds is 1. The summed E-state index contributed by atoms with van der Waals surface area (Å²) in [4.78, 5) is 24.4. The molecule has 2 aliphatic heterocycles. The van der Waals surface area contributed by atoms with Crippen LogP contribution in [0.2, 0.25) is 0 Å². The van der Waals surface area contributed by atoms with Crippen molar-refractivity contribution in [2.45, 2.75) is 0 Å². The van der Waals surface area contributed by atoms with Crippen molar-refractivity contribution in [3.8, 4) is 11.3 Å². The summed E-state index contributed by atoms with van der Waals surface area (Å²) < 4.78 is 4.76. The van der Waals surface area contributed by atoms with Gasteiger partial charge in [-0.05, 0) is 12.1 Å². The molecule has 0 aromatic carbocycles. The molecular weight excluding hydrogens is 230 g/mol. The summed E-state index contributed by atoms with van der Waals surface area (Å²) in [7, 11) is 1.35. The van der Waals surface area contributed by atoms with Gasteiger partial charge >= 0.3 is 5.97 Å². The first kappa shape index (κ1) is 10.6. The lowest BCUT2D eigenvalue weighted by atomic mass is 10.1. The highest BCUT2D eigenvalue weighted by molar-refractivity contribution is 6.05. The van der Waals surface area contributed by atoms with Crippen LogP contribution >= 0.6 is 0 Å². The first-order valence-corrected chi connectivity index (χ1v) is 5.37. The van der Waals surface area contributed by atoms with Crippen LogP contribution in [0.5, 0.6) is 0 Å². The Balaban J connectivity index is 2.44. The summed E-state index contributed by atoms with van der Waals surface area (Å²) >= 11 is 0. The molecule has 1 aromatic heterocycles. The number of carbonyl (C=O) groups excluding carboxylic acids is 1. The van der Waals surface area contributed by atoms with Crippen LogP contribution in [0.15, 0.2) is 36.9 Å². The molecule has 3 heterocycles. The number of methoxy groups -OCH3 is 1. The van der Waals surface area contributed by atoms with Gasteiger partial charge in [0.05, 0.1) is 30.1 Å². The quantitative estimate of drug-likeness (QED) is 0.607. The van der Waals surface area contributed by atoms with Gasteiger partial charge in [-0.3, -0.25) is 15.0 Å². The lowest BCUT2D eigenvalue weighted by molar-refractivity contribution is 0.0602. The molecule has 0 fully saturated rings. The third-order valence-electron chi connectivity index (χ3n) is 2.75. The maximum atomic E-state index is 11.7. The fourth-order valence-electron chi connectivity index (χ4n) is 1.93. The van der Waals surface area contributed by atoms with Gasteiger partial charge in [0, 0.05) is 29.5 Å². The summed E-state index contributed by atoms with van der Waals surface area (Å²) in [6.45, 7) is 0. The van der Waals surface area contributed by atoms with E-state index in [1.54, 1.807) is 18.6 Å². The Labute approximate surface area is 103 Å². The van der Waals surface area contributed by atoms with Gasteiger partial charge in [0.25, 0.3) is 0 Å². The second-order valence-corrected chi connectivity index (χ2v) is 3.77. The zero-order chi connectivity index (χ0) is 12.5. The molecule has 0 N–H and O–H groups in total. The molecule has 0 atom stereocenters. The highest BCUT2D eigenvalue weighted by atomic mass is 16.5. The van der Waals surface area contributed by atoms with Gasteiger partial charge in [0.2, 0.25) is 0 Å². The molecule has 0 bridgehead atoms. The molecule has 0 radical (unpaired) electrons. The van der Waals surface area contributed by atoms with Gasteiger partial charge in [-0.25, -0.2) is 4.79 Å². The highest BCUT2D eigenvalue weighted by Crippen LogP contribution is 2.30. The number of pyridine rings is 1. The van der Waals surface area contributed by atoms with Crippen LogP contribution in [0.25, 0.3) is 22.2 Å². The largest absolute Gasteiger partial charge is 0.465 e. The Morgan fingerprint density at radius 2 is 2.11 bits per heavy atom. The summed E-state index contributed by atoms with van der Waals surface area (Å²) in [5, 5.41) is 0.852. The maximum Gasteiger partial charge on any atom is 0.340 e. The zero-order valence-electron chi connectivity index (χ0n) is 9.62. The molecule has 5 nitrogen and oxygen atoms in total. The smallest absolute Gasteiger partial charge is 0.340 e. The molecule has 1 aromatic rings. The Bertz CT molecular complexity index is 712. The van der Waals surface area contributed by atoms with Gasteiger partial charge in [-0.15, -0.1) is 0 Å². The summed E-state index contributed by atoms with van der Waals surface area (Å²) in [5.74, 6) is -0.421. The van der Waals surface area contributed by atoms with Crippen molar-refractivity contribution in [3.05, 3.63) is 42.5 Å². The van der Waals surface area contributed by atoms with E-state index in [4.69, 9.17) is 4.74 Å². The molecule has 0 saturated carbocycles. The SMILES string of the molecule is COC(=O)c1cnc2cncc3cccnc3c1-2. The fraction of sp³-hybridized carbons (Fsp3) is 0.0769. The number of ether oxygens (including phenoxy) is 1. The predicted molar refractivity (Wildman–Crippen MR) is 65.3 cm³/mol. The monoisotopic (exact) mass is 239 g/mol. The van der Waals surface area contributed by atoms with E-state index in [9.17, 15) is 4.79 Å². The molecule has 0 aliphatic carbocycles. The molecular formula is C13H9N3O2. The van der Waals surface area contributed by atoms with E-state index in [1.807, 2.05) is 12.1 Å². The number of fused-ring (bicyclic) bond motifs is 3. The lowest BCUT2D eigenvalue weighted by Gasteiger charge is -2.00. The van der Waals surface area contributed by atoms with E-state index < -0.39 is 5.97 Å². The van der Waals surface area contributed by atoms with Crippen molar-refractivity contribution in [2.24, 2.45) is 0 Å². The van der Waals surface area contributed by atoms with Gasteiger partial charge < -0.3 is 4.74 Å². The van der Waals surface area contributed by atoms with Crippen molar-refractivity contribution in [1.29, 1.82) is 0 Å². The van der Waals surface area contributed by atoms with Crippen LogP contribution in [-0.4, -0.2) is 28.0 Å². The lowest BCUT2D eigenvalue weighted by Crippen LogP contribution is -2.00. The van der Waals surface area contributed by atoms with Crippen molar-refractivity contribution >= 4 is 16.9 Å². The molecule has 5 heteroatoms. The van der Waals surface area contributed by atoms with Crippen LogP contribution < -0.4 is 0 Å². The first-order valence-electron chi connectivity index (χ1n) is 5.37. The number of carbonyl (C=O) groups is 1. The number of hydrogen-bond donors (Lipinski definition) is 0. The zero-order valence-corrected chi connectivity index (χ0v) is 9.62. The third-order valence-corrected chi connectivity index (χ3v) is 2.75. The standard InChI is InChI=1S/C13H9N3O2/c1-18-13(17)9-6-16-10-7-14-5-8-3-2-4-15-12(8)11(9)10/h2-7H,1H3. The van der Waals surface area contributed by atoms with Crippen LogP contribution in [0.3, 0.4) is 0 Å². The molecule has 3 rings (SSSR count). The van der Waals surface area contributed by atoms with E-state index in [2.05, 4.69) is 15.0 Å². The van der Waals surface area contributed by atoms with Crippen LogP contribution in [0.1, 0.15) is 10.4 Å².